The van der Waals surface area contributed by atoms with Crippen LogP contribution < -0.4 is 14.4 Å². The second-order valence-electron chi connectivity index (χ2n) is 5.93. The van der Waals surface area contributed by atoms with Crippen molar-refractivity contribution in [1.29, 1.82) is 0 Å². The topological polar surface area (TPSA) is 92.8 Å². The first kappa shape index (κ1) is 20.4. The fourth-order valence-electron chi connectivity index (χ4n) is 2.48. The number of methoxy groups -OCH3 is 1. The van der Waals surface area contributed by atoms with E-state index in [9.17, 15) is 18.0 Å². The van der Waals surface area contributed by atoms with Crippen LogP contribution in [0.1, 0.15) is 27.6 Å². The highest BCUT2D eigenvalue weighted by atomic mass is 32.2. The Labute approximate surface area is 159 Å². The van der Waals surface area contributed by atoms with Gasteiger partial charge in [-0.25, -0.2) is 8.42 Å². The summed E-state index contributed by atoms with van der Waals surface area (Å²) >= 11 is 0. The number of ether oxygens (including phenoxy) is 1. The van der Waals surface area contributed by atoms with E-state index in [2.05, 4.69) is 5.32 Å². The quantitative estimate of drug-likeness (QED) is 0.697. The SMILES string of the molecule is COc1ccc(C(=O)NCCN(c2cccc(C(C)=O)c2)S(C)(=O)=O)cc1. The van der Waals surface area contributed by atoms with E-state index in [0.29, 0.717) is 22.6 Å². The van der Waals surface area contributed by atoms with Crippen molar-refractivity contribution in [3.8, 4) is 5.75 Å². The van der Waals surface area contributed by atoms with Gasteiger partial charge >= 0.3 is 0 Å². The highest BCUT2D eigenvalue weighted by Crippen LogP contribution is 2.19. The number of Topliss-reactive ketones (excluding diaryl/α,β-unsaturated/α-hetero) is 1. The molecule has 0 fully saturated rings. The zero-order chi connectivity index (χ0) is 20.0. The van der Waals surface area contributed by atoms with E-state index >= 15 is 0 Å². The molecule has 8 heteroatoms. The molecule has 2 aromatic carbocycles. The van der Waals surface area contributed by atoms with Gasteiger partial charge in [0.1, 0.15) is 5.75 Å². The van der Waals surface area contributed by atoms with Gasteiger partial charge in [0, 0.05) is 17.7 Å². The van der Waals surface area contributed by atoms with Crippen molar-refractivity contribution in [1.82, 2.24) is 5.32 Å². The second-order valence-corrected chi connectivity index (χ2v) is 7.83. The number of hydrogen-bond donors (Lipinski definition) is 1. The van der Waals surface area contributed by atoms with Crippen molar-refractivity contribution in [3.63, 3.8) is 0 Å². The van der Waals surface area contributed by atoms with Gasteiger partial charge in [-0.1, -0.05) is 12.1 Å². The van der Waals surface area contributed by atoms with Gasteiger partial charge in [0.25, 0.3) is 5.91 Å². The number of ketones is 1. The van der Waals surface area contributed by atoms with Crippen LogP contribution in [0.25, 0.3) is 0 Å². The summed E-state index contributed by atoms with van der Waals surface area (Å²) in [5, 5.41) is 2.69. The number of carbonyl (C=O) groups is 2. The molecule has 1 N–H and O–H groups in total. The zero-order valence-corrected chi connectivity index (χ0v) is 16.2. The first-order chi connectivity index (χ1) is 12.7. The molecule has 0 bridgehead atoms. The van der Waals surface area contributed by atoms with E-state index in [1.807, 2.05) is 0 Å². The molecule has 1 amide bonds. The van der Waals surface area contributed by atoms with Gasteiger partial charge in [0.15, 0.2) is 5.78 Å². The van der Waals surface area contributed by atoms with Gasteiger partial charge in [-0.3, -0.25) is 13.9 Å². The summed E-state index contributed by atoms with van der Waals surface area (Å²) in [7, 11) is -2.04. The third kappa shape index (κ3) is 5.55. The van der Waals surface area contributed by atoms with E-state index < -0.39 is 10.0 Å². The zero-order valence-electron chi connectivity index (χ0n) is 15.4. The summed E-state index contributed by atoms with van der Waals surface area (Å²) in [6.45, 7) is 1.57. The minimum atomic E-state index is -3.58. The van der Waals surface area contributed by atoms with Crippen molar-refractivity contribution in [2.75, 3.05) is 30.8 Å². The first-order valence-corrected chi connectivity index (χ1v) is 10.1. The average Bonchev–Trinajstić information content (AvgIpc) is 2.64. The van der Waals surface area contributed by atoms with Crippen LogP contribution in [0.15, 0.2) is 48.5 Å². The normalized spacial score (nSPS) is 10.9. The van der Waals surface area contributed by atoms with Gasteiger partial charge in [0.05, 0.1) is 25.6 Å². The molecule has 0 radical (unpaired) electrons. The summed E-state index contributed by atoms with van der Waals surface area (Å²) in [4.78, 5) is 23.7. The second kappa shape index (κ2) is 8.68. The van der Waals surface area contributed by atoms with Crippen LogP contribution in [0.3, 0.4) is 0 Å². The monoisotopic (exact) mass is 390 g/mol. The fraction of sp³-hybridized carbons (Fsp3) is 0.263. The van der Waals surface area contributed by atoms with Gasteiger partial charge in [-0.15, -0.1) is 0 Å². The number of hydrogen-bond acceptors (Lipinski definition) is 5. The summed E-state index contributed by atoms with van der Waals surface area (Å²) in [5.41, 5.74) is 1.24. The fourth-order valence-corrected chi connectivity index (χ4v) is 3.40. The lowest BCUT2D eigenvalue weighted by molar-refractivity contribution is 0.0953. The lowest BCUT2D eigenvalue weighted by Gasteiger charge is -2.23. The Kier molecular flexibility index (Phi) is 6.57. The molecule has 0 spiro atoms. The number of nitrogens with one attached hydrogen (secondary N) is 1. The standard InChI is InChI=1S/C19H22N2O5S/c1-14(22)16-5-4-6-17(13-16)21(27(3,24)25)12-11-20-19(23)15-7-9-18(26-2)10-8-15/h4-10,13H,11-12H2,1-3H3,(H,20,23). The molecule has 0 atom stereocenters. The molecule has 2 rings (SSSR count). The third-order valence-corrected chi connectivity index (χ3v) is 5.09. The maximum atomic E-state index is 12.2. The Morgan fingerprint density at radius 3 is 2.30 bits per heavy atom. The number of amides is 1. The van der Waals surface area contributed by atoms with E-state index in [1.165, 1.54) is 20.1 Å². The lowest BCUT2D eigenvalue weighted by Crippen LogP contribution is -2.38. The van der Waals surface area contributed by atoms with Crippen molar-refractivity contribution >= 4 is 27.4 Å². The molecule has 0 saturated carbocycles. The highest BCUT2D eigenvalue weighted by molar-refractivity contribution is 7.92. The van der Waals surface area contributed by atoms with E-state index in [1.54, 1.807) is 42.5 Å². The minimum Gasteiger partial charge on any atom is -0.497 e. The highest BCUT2D eigenvalue weighted by Gasteiger charge is 2.18. The molecule has 0 aliphatic carbocycles. The maximum absolute atomic E-state index is 12.2. The smallest absolute Gasteiger partial charge is 0.251 e. The molecule has 0 aromatic heterocycles. The summed E-state index contributed by atoms with van der Waals surface area (Å²) < 4.78 is 30.5. The lowest BCUT2D eigenvalue weighted by atomic mass is 10.1. The van der Waals surface area contributed by atoms with Crippen LogP contribution in [0.4, 0.5) is 5.69 Å². The minimum absolute atomic E-state index is 0.0437. The Balaban J connectivity index is 2.08. The van der Waals surface area contributed by atoms with E-state index in [0.717, 1.165) is 10.6 Å². The predicted octanol–water partition coefficient (Wildman–Crippen LogP) is 2.09. The molecule has 0 aliphatic rings. The van der Waals surface area contributed by atoms with Gasteiger partial charge in [0.2, 0.25) is 10.0 Å². The number of anilines is 1. The predicted molar refractivity (Wildman–Crippen MR) is 104 cm³/mol. The number of carbonyl (C=O) groups excluding carboxylic acids is 2. The number of sulfonamides is 1. The molecule has 7 nitrogen and oxygen atoms in total. The van der Waals surface area contributed by atoms with Gasteiger partial charge < -0.3 is 10.1 Å². The molecule has 2 aromatic rings. The largest absolute Gasteiger partial charge is 0.497 e. The van der Waals surface area contributed by atoms with Crippen molar-refractivity contribution in [3.05, 3.63) is 59.7 Å². The Bertz CT molecular complexity index is 923. The molecule has 144 valence electrons. The molecule has 0 unspecified atom stereocenters. The molecular formula is C19H22N2O5S. The van der Waals surface area contributed by atoms with Crippen molar-refractivity contribution in [2.45, 2.75) is 6.92 Å². The van der Waals surface area contributed by atoms with Crippen LogP contribution in [-0.2, 0) is 10.0 Å². The summed E-state index contributed by atoms with van der Waals surface area (Å²) in [6.07, 6.45) is 1.08. The van der Waals surface area contributed by atoms with E-state index in [4.69, 9.17) is 4.74 Å². The molecule has 0 saturated heterocycles. The summed E-state index contributed by atoms with van der Waals surface area (Å²) in [5.74, 6) is 0.168. The molecular weight excluding hydrogens is 368 g/mol. The Morgan fingerprint density at radius 2 is 1.74 bits per heavy atom. The van der Waals surface area contributed by atoms with Crippen LogP contribution >= 0.6 is 0 Å². The van der Waals surface area contributed by atoms with E-state index in [-0.39, 0.29) is 24.8 Å². The molecule has 0 heterocycles. The van der Waals surface area contributed by atoms with Crippen LogP contribution in [0.2, 0.25) is 0 Å². The molecule has 0 aliphatic heterocycles. The van der Waals surface area contributed by atoms with Gasteiger partial charge in [-0.2, -0.15) is 0 Å². The van der Waals surface area contributed by atoms with Crippen LogP contribution in [0.5, 0.6) is 5.75 Å². The first-order valence-electron chi connectivity index (χ1n) is 8.23. The maximum Gasteiger partial charge on any atom is 0.251 e. The number of benzene rings is 2. The Hall–Kier alpha value is -2.87. The average molecular weight is 390 g/mol. The number of rotatable bonds is 8. The Morgan fingerprint density at radius 1 is 1.07 bits per heavy atom. The van der Waals surface area contributed by atoms with Gasteiger partial charge in [-0.05, 0) is 43.3 Å². The molecule has 27 heavy (non-hydrogen) atoms. The van der Waals surface area contributed by atoms with Crippen LogP contribution in [0, 0.1) is 0 Å². The summed E-state index contributed by atoms with van der Waals surface area (Å²) in [6, 6.07) is 13.0. The number of nitrogens with zero attached hydrogens (tertiary/aromatic N) is 1. The van der Waals surface area contributed by atoms with Crippen molar-refractivity contribution < 1.29 is 22.7 Å². The van der Waals surface area contributed by atoms with Crippen LogP contribution in [-0.4, -0.2) is 46.6 Å². The third-order valence-electron chi connectivity index (χ3n) is 3.89. The van der Waals surface area contributed by atoms with Crippen molar-refractivity contribution in [2.24, 2.45) is 0 Å².